The van der Waals surface area contributed by atoms with Gasteiger partial charge in [-0.05, 0) is 87.3 Å². The minimum atomic E-state index is -1.82. The van der Waals surface area contributed by atoms with Crippen molar-refractivity contribution in [2.75, 3.05) is 52.9 Å². The summed E-state index contributed by atoms with van der Waals surface area (Å²) in [6, 6.07) is 22.1. The van der Waals surface area contributed by atoms with Crippen LogP contribution in [0.5, 0.6) is 17.2 Å². The van der Waals surface area contributed by atoms with E-state index in [-0.39, 0.29) is 5.91 Å². The summed E-state index contributed by atoms with van der Waals surface area (Å²) in [4.78, 5) is 36.7. The molecule has 1 amide bonds. The Morgan fingerprint density at radius 2 is 1.57 bits per heavy atom. The van der Waals surface area contributed by atoms with Gasteiger partial charge in [0.25, 0.3) is 0 Å². The van der Waals surface area contributed by atoms with Crippen LogP contribution in [0.1, 0.15) is 30.9 Å². The van der Waals surface area contributed by atoms with Crippen LogP contribution in [-0.2, 0) is 25.6 Å². The normalized spacial score (nSPS) is 15.6. The number of carbonyl (C=O) groups is 3. The molecule has 1 unspecified atom stereocenters. The number of ether oxygens (including phenoxy) is 3. The molecule has 0 radical (unpaired) electrons. The van der Waals surface area contributed by atoms with Crippen molar-refractivity contribution in [2.24, 2.45) is 0 Å². The first-order chi connectivity index (χ1) is 21.0. The van der Waals surface area contributed by atoms with Gasteiger partial charge < -0.3 is 34.2 Å². The summed E-state index contributed by atoms with van der Waals surface area (Å²) in [5.74, 6) is -1.20. The summed E-state index contributed by atoms with van der Waals surface area (Å²) in [7, 11) is 7.33. The van der Waals surface area contributed by atoms with Crippen LogP contribution in [0.4, 0.5) is 5.69 Å². The molecule has 44 heavy (non-hydrogen) atoms. The number of hydrogen-bond acceptors (Lipinski definition) is 8. The van der Waals surface area contributed by atoms with Crippen molar-refractivity contribution in [3.05, 3.63) is 77.9 Å². The first-order valence-corrected chi connectivity index (χ1v) is 15.0. The standard InChI is InChI=1S/C31H38N2O4S.C2H2O4/c1-31(30(34)33(3)26-10-6-7-11-29(26)38-31)24-13-15-25(16-14-24)37-21-9-8-19-32(2)20-18-23-12-17-27(35-4)28(22-23)36-5;3-1(4)2(5)6/h6-7,10-17,22H,8-9,18-21H2,1-5H3;(H,3,4)(H,5,6). The van der Waals surface area contributed by atoms with Crippen LogP contribution in [0.3, 0.4) is 0 Å². The lowest BCUT2D eigenvalue weighted by Crippen LogP contribution is -2.44. The molecule has 11 heteroatoms. The van der Waals surface area contributed by atoms with Gasteiger partial charge in [-0.1, -0.05) is 30.3 Å². The summed E-state index contributed by atoms with van der Waals surface area (Å²) in [5.41, 5.74) is 3.18. The van der Waals surface area contributed by atoms with Crippen LogP contribution in [0.2, 0.25) is 0 Å². The summed E-state index contributed by atoms with van der Waals surface area (Å²) < 4.78 is 16.1. The van der Waals surface area contributed by atoms with Crippen molar-refractivity contribution < 1.29 is 38.8 Å². The Balaban J connectivity index is 0.000000801. The van der Waals surface area contributed by atoms with E-state index in [1.54, 1.807) is 30.9 Å². The molecule has 0 saturated carbocycles. The number of para-hydroxylation sites is 1. The number of anilines is 1. The van der Waals surface area contributed by atoms with Gasteiger partial charge in [-0.25, -0.2) is 9.59 Å². The number of benzene rings is 3. The molecule has 0 spiro atoms. The largest absolute Gasteiger partial charge is 0.494 e. The highest BCUT2D eigenvalue weighted by Gasteiger charge is 2.43. The first kappa shape index (κ1) is 34.3. The Bertz CT molecular complexity index is 1420. The van der Waals surface area contributed by atoms with E-state index < -0.39 is 16.7 Å². The fraction of sp³-hybridized carbons (Fsp3) is 0.364. The number of methoxy groups -OCH3 is 2. The zero-order chi connectivity index (χ0) is 32.3. The monoisotopic (exact) mass is 624 g/mol. The van der Waals surface area contributed by atoms with Crippen LogP contribution in [0.25, 0.3) is 0 Å². The molecule has 1 aliphatic heterocycles. The number of hydrogen-bond donors (Lipinski definition) is 2. The second-order valence-corrected chi connectivity index (χ2v) is 11.9. The molecule has 1 aliphatic rings. The maximum Gasteiger partial charge on any atom is 0.414 e. The zero-order valence-corrected chi connectivity index (χ0v) is 26.6. The van der Waals surface area contributed by atoms with E-state index in [2.05, 4.69) is 24.1 Å². The molecular weight excluding hydrogens is 584 g/mol. The molecule has 0 aliphatic carbocycles. The summed E-state index contributed by atoms with van der Waals surface area (Å²) in [6.45, 7) is 4.67. The molecule has 0 bridgehead atoms. The first-order valence-electron chi connectivity index (χ1n) is 14.1. The van der Waals surface area contributed by atoms with Gasteiger partial charge in [0.05, 0.1) is 26.5 Å². The molecule has 1 heterocycles. The number of nitrogens with zero attached hydrogens (tertiary/aromatic N) is 2. The van der Waals surface area contributed by atoms with Gasteiger partial charge in [-0.2, -0.15) is 0 Å². The summed E-state index contributed by atoms with van der Waals surface area (Å²) >= 11 is 1.61. The SMILES string of the molecule is COc1ccc(CCN(C)CCCCOc2ccc(C3(C)Sc4ccccc4N(C)C3=O)cc2)cc1OC.O=C(O)C(=O)O. The molecule has 0 saturated heterocycles. The highest BCUT2D eigenvalue weighted by Crippen LogP contribution is 2.50. The molecular formula is C33H40N2O8S. The second kappa shape index (κ2) is 16.0. The van der Waals surface area contributed by atoms with E-state index in [0.717, 1.165) is 65.7 Å². The molecule has 1 atom stereocenters. The van der Waals surface area contributed by atoms with Gasteiger partial charge in [0, 0.05) is 18.5 Å². The van der Waals surface area contributed by atoms with E-state index in [1.807, 2.05) is 68.6 Å². The van der Waals surface area contributed by atoms with Crippen molar-refractivity contribution in [1.82, 2.24) is 4.90 Å². The molecule has 10 nitrogen and oxygen atoms in total. The van der Waals surface area contributed by atoms with Gasteiger partial charge in [0.1, 0.15) is 10.5 Å². The topological polar surface area (TPSA) is 126 Å². The smallest absolute Gasteiger partial charge is 0.414 e. The maximum absolute atomic E-state index is 13.2. The van der Waals surface area contributed by atoms with Crippen LogP contribution < -0.4 is 19.1 Å². The third-order valence-electron chi connectivity index (χ3n) is 7.27. The number of fused-ring (bicyclic) bond motifs is 1. The number of aliphatic carboxylic acids is 2. The van der Waals surface area contributed by atoms with Crippen LogP contribution in [0, 0.1) is 0 Å². The molecule has 4 rings (SSSR count). The van der Waals surface area contributed by atoms with Gasteiger partial charge >= 0.3 is 11.9 Å². The van der Waals surface area contributed by atoms with E-state index in [1.165, 1.54) is 5.56 Å². The third-order valence-corrected chi connectivity index (χ3v) is 8.66. The highest BCUT2D eigenvalue weighted by atomic mass is 32.2. The van der Waals surface area contributed by atoms with Crippen molar-refractivity contribution in [2.45, 2.75) is 35.8 Å². The Hall–Kier alpha value is -4.22. The molecule has 3 aromatic carbocycles. The van der Waals surface area contributed by atoms with Gasteiger partial charge in [0.15, 0.2) is 11.5 Å². The minimum absolute atomic E-state index is 0.0881. The van der Waals surface area contributed by atoms with Crippen LogP contribution in [0.15, 0.2) is 71.6 Å². The zero-order valence-electron chi connectivity index (χ0n) is 25.7. The van der Waals surface area contributed by atoms with Gasteiger partial charge in [-0.3, -0.25) is 4.79 Å². The molecule has 236 valence electrons. The number of thioether (sulfide) groups is 1. The lowest BCUT2D eigenvalue weighted by Gasteiger charge is -2.38. The third kappa shape index (κ3) is 8.90. The quantitative estimate of drug-likeness (QED) is 0.206. The summed E-state index contributed by atoms with van der Waals surface area (Å²) in [5, 5.41) is 14.8. The van der Waals surface area contributed by atoms with Crippen molar-refractivity contribution in [3.8, 4) is 17.2 Å². The number of carboxylic acids is 2. The number of carboxylic acid groups (broad SMARTS) is 2. The number of unbranched alkanes of at least 4 members (excludes halogenated alkanes) is 1. The van der Waals surface area contributed by atoms with E-state index >= 15 is 0 Å². The second-order valence-electron chi connectivity index (χ2n) is 10.4. The Morgan fingerprint density at radius 1 is 0.909 bits per heavy atom. The van der Waals surface area contributed by atoms with E-state index in [4.69, 9.17) is 34.0 Å². The number of amides is 1. The van der Waals surface area contributed by atoms with Crippen molar-refractivity contribution in [3.63, 3.8) is 0 Å². The predicted octanol–water partition coefficient (Wildman–Crippen LogP) is 5.18. The van der Waals surface area contributed by atoms with Gasteiger partial charge in [0.2, 0.25) is 5.91 Å². The predicted molar refractivity (Wildman–Crippen MR) is 170 cm³/mol. The van der Waals surface area contributed by atoms with Crippen LogP contribution in [-0.4, -0.2) is 81.0 Å². The average molecular weight is 625 g/mol. The number of likely N-dealkylation sites (N-methyl/N-ethyl adjacent to an activating group) is 2. The average Bonchev–Trinajstić information content (AvgIpc) is 3.03. The minimum Gasteiger partial charge on any atom is -0.494 e. The number of rotatable bonds is 12. The van der Waals surface area contributed by atoms with Gasteiger partial charge in [-0.15, -0.1) is 11.8 Å². The maximum atomic E-state index is 13.2. The molecule has 3 aromatic rings. The lowest BCUT2D eigenvalue weighted by atomic mass is 9.97. The summed E-state index contributed by atoms with van der Waals surface area (Å²) in [6.07, 6.45) is 3.01. The lowest BCUT2D eigenvalue weighted by molar-refractivity contribution is -0.159. The van der Waals surface area contributed by atoms with Crippen molar-refractivity contribution >= 4 is 35.3 Å². The van der Waals surface area contributed by atoms with Crippen LogP contribution >= 0.6 is 11.8 Å². The fourth-order valence-corrected chi connectivity index (χ4v) is 6.08. The van der Waals surface area contributed by atoms with E-state index in [9.17, 15) is 4.79 Å². The highest BCUT2D eigenvalue weighted by molar-refractivity contribution is 8.01. The fourth-order valence-electron chi connectivity index (χ4n) is 4.71. The van der Waals surface area contributed by atoms with Crippen molar-refractivity contribution in [1.29, 1.82) is 0 Å². The Labute approximate surface area is 262 Å². The molecule has 0 aromatic heterocycles. The Kier molecular flexibility index (Phi) is 12.5. The number of carbonyl (C=O) groups excluding carboxylic acids is 1. The van der Waals surface area contributed by atoms with E-state index in [0.29, 0.717) is 6.61 Å². The molecule has 0 fully saturated rings. The Morgan fingerprint density at radius 3 is 2.20 bits per heavy atom. The molecule has 2 N–H and O–H groups in total.